The first-order valence-electron chi connectivity index (χ1n) is 9.11. The lowest BCUT2D eigenvalue weighted by molar-refractivity contribution is 0.124. The van der Waals surface area contributed by atoms with Crippen molar-refractivity contribution in [3.8, 4) is 5.75 Å². The SMILES string of the molecule is CN1CCN(CCC(Oc2cccc(N(C)C)c2)c2ccc(Cl)s2)CC1. The molecule has 0 N–H and O–H groups in total. The van der Waals surface area contributed by atoms with Crippen LogP contribution in [0.3, 0.4) is 0 Å². The van der Waals surface area contributed by atoms with Crippen LogP contribution >= 0.6 is 22.9 Å². The molecule has 0 bridgehead atoms. The molecule has 1 aliphatic heterocycles. The fraction of sp³-hybridized carbons (Fsp3) is 0.500. The summed E-state index contributed by atoms with van der Waals surface area (Å²) < 4.78 is 7.22. The molecule has 0 radical (unpaired) electrons. The predicted octanol–water partition coefficient (Wildman–Crippen LogP) is 4.23. The fourth-order valence-corrected chi connectivity index (χ4v) is 4.26. The van der Waals surface area contributed by atoms with Gasteiger partial charge in [0.1, 0.15) is 11.9 Å². The first kappa shape index (κ1) is 19.5. The van der Waals surface area contributed by atoms with Gasteiger partial charge in [0.2, 0.25) is 0 Å². The van der Waals surface area contributed by atoms with Gasteiger partial charge in [0.25, 0.3) is 0 Å². The molecule has 0 aliphatic carbocycles. The van der Waals surface area contributed by atoms with Crippen molar-refractivity contribution in [1.29, 1.82) is 0 Å². The number of anilines is 1. The third-order valence-corrected chi connectivity index (χ3v) is 6.15. The van der Waals surface area contributed by atoms with E-state index in [9.17, 15) is 0 Å². The van der Waals surface area contributed by atoms with E-state index in [2.05, 4.69) is 39.9 Å². The van der Waals surface area contributed by atoms with Gasteiger partial charge in [0, 0.05) is 69.9 Å². The molecule has 26 heavy (non-hydrogen) atoms. The minimum absolute atomic E-state index is 0.0320. The molecule has 1 aliphatic rings. The van der Waals surface area contributed by atoms with Gasteiger partial charge in [-0.1, -0.05) is 17.7 Å². The zero-order valence-corrected chi connectivity index (χ0v) is 17.4. The highest BCUT2D eigenvalue weighted by Crippen LogP contribution is 2.33. The molecule has 1 fully saturated rings. The van der Waals surface area contributed by atoms with Crippen LogP contribution in [-0.2, 0) is 0 Å². The number of likely N-dealkylation sites (N-methyl/N-ethyl adjacent to an activating group) is 1. The second-order valence-corrected chi connectivity index (χ2v) is 8.82. The summed E-state index contributed by atoms with van der Waals surface area (Å²) in [5.74, 6) is 0.907. The molecule has 1 saturated heterocycles. The molecule has 3 rings (SSSR count). The average molecular weight is 394 g/mol. The Bertz CT molecular complexity index is 698. The lowest BCUT2D eigenvalue weighted by Crippen LogP contribution is -2.45. The van der Waals surface area contributed by atoms with Crippen LogP contribution < -0.4 is 9.64 Å². The maximum absolute atomic E-state index is 6.40. The van der Waals surface area contributed by atoms with E-state index in [1.807, 2.05) is 32.3 Å². The van der Waals surface area contributed by atoms with Gasteiger partial charge in [-0.3, -0.25) is 0 Å². The van der Waals surface area contributed by atoms with Crippen molar-refractivity contribution in [3.05, 3.63) is 45.6 Å². The summed E-state index contributed by atoms with van der Waals surface area (Å²) >= 11 is 7.80. The van der Waals surface area contributed by atoms with Gasteiger partial charge in [-0.2, -0.15) is 0 Å². The highest BCUT2D eigenvalue weighted by Gasteiger charge is 2.20. The average Bonchev–Trinajstić information content (AvgIpc) is 3.06. The summed E-state index contributed by atoms with van der Waals surface area (Å²) in [5, 5.41) is 0. The second-order valence-electron chi connectivity index (χ2n) is 7.07. The van der Waals surface area contributed by atoms with E-state index in [-0.39, 0.29) is 6.10 Å². The van der Waals surface area contributed by atoms with E-state index < -0.39 is 0 Å². The Morgan fingerprint density at radius 2 is 1.92 bits per heavy atom. The van der Waals surface area contributed by atoms with Crippen LogP contribution in [0.1, 0.15) is 17.4 Å². The number of thiophene rings is 1. The van der Waals surface area contributed by atoms with Crippen LogP contribution in [-0.4, -0.2) is 63.7 Å². The van der Waals surface area contributed by atoms with Crippen LogP contribution in [0.15, 0.2) is 36.4 Å². The monoisotopic (exact) mass is 393 g/mol. The van der Waals surface area contributed by atoms with E-state index in [1.54, 1.807) is 11.3 Å². The van der Waals surface area contributed by atoms with E-state index >= 15 is 0 Å². The van der Waals surface area contributed by atoms with Crippen molar-refractivity contribution in [2.45, 2.75) is 12.5 Å². The van der Waals surface area contributed by atoms with Crippen molar-refractivity contribution >= 4 is 28.6 Å². The molecule has 1 aromatic carbocycles. The van der Waals surface area contributed by atoms with Gasteiger partial charge in [0.05, 0.1) is 4.34 Å². The Morgan fingerprint density at radius 1 is 1.15 bits per heavy atom. The van der Waals surface area contributed by atoms with Crippen LogP contribution in [0.25, 0.3) is 0 Å². The Hall–Kier alpha value is -1.27. The van der Waals surface area contributed by atoms with Crippen molar-refractivity contribution in [2.75, 3.05) is 58.8 Å². The number of piperazine rings is 1. The molecule has 0 amide bonds. The van der Waals surface area contributed by atoms with Gasteiger partial charge >= 0.3 is 0 Å². The van der Waals surface area contributed by atoms with E-state index in [0.717, 1.165) is 54.9 Å². The first-order chi connectivity index (χ1) is 12.5. The minimum atomic E-state index is 0.0320. The molecule has 2 aromatic rings. The molecule has 0 saturated carbocycles. The van der Waals surface area contributed by atoms with Crippen molar-refractivity contribution in [2.24, 2.45) is 0 Å². The molecule has 1 unspecified atom stereocenters. The van der Waals surface area contributed by atoms with Crippen molar-refractivity contribution in [1.82, 2.24) is 9.80 Å². The zero-order chi connectivity index (χ0) is 18.5. The molecule has 1 aromatic heterocycles. The maximum Gasteiger partial charge on any atom is 0.134 e. The Morgan fingerprint density at radius 3 is 2.58 bits per heavy atom. The van der Waals surface area contributed by atoms with Gasteiger partial charge in [-0.25, -0.2) is 0 Å². The Balaban J connectivity index is 1.68. The normalized spacial score (nSPS) is 17.2. The quantitative estimate of drug-likeness (QED) is 0.700. The summed E-state index contributed by atoms with van der Waals surface area (Å²) in [6.07, 6.45) is 0.997. The maximum atomic E-state index is 6.40. The van der Waals surface area contributed by atoms with Crippen molar-refractivity contribution < 1.29 is 4.74 Å². The van der Waals surface area contributed by atoms with Gasteiger partial charge in [0.15, 0.2) is 0 Å². The number of benzene rings is 1. The molecule has 142 valence electrons. The summed E-state index contributed by atoms with van der Waals surface area (Å²) in [5.41, 5.74) is 1.14. The molecule has 2 heterocycles. The summed E-state index contributed by atoms with van der Waals surface area (Å²) in [6.45, 7) is 5.58. The highest BCUT2D eigenvalue weighted by molar-refractivity contribution is 7.16. The highest BCUT2D eigenvalue weighted by atomic mass is 35.5. The van der Waals surface area contributed by atoms with Gasteiger partial charge in [-0.05, 0) is 31.3 Å². The van der Waals surface area contributed by atoms with Gasteiger partial charge < -0.3 is 19.4 Å². The molecule has 4 nitrogen and oxygen atoms in total. The Labute approximate surface area is 165 Å². The third kappa shape index (κ3) is 5.36. The van der Waals surface area contributed by atoms with E-state index in [1.165, 1.54) is 4.88 Å². The van der Waals surface area contributed by atoms with Gasteiger partial charge in [-0.15, -0.1) is 11.3 Å². The summed E-state index contributed by atoms with van der Waals surface area (Å²) in [6, 6.07) is 12.3. The first-order valence-corrected chi connectivity index (χ1v) is 10.3. The van der Waals surface area contributed by atoms with Crippen LogP contribution in [0.5, 0.6) is 5.75 Å². The summed E-state index contributed by atoms with van der Waals surface area (Å²) in [7, 11) is 6.28. The van der Waals surface area contributed by atoms with Crippen LogP contribution in [0.4, 0.5) is 5.69 Å². The van der Waals surface area contributed by atoms with E-state index in [4.69, 9.17) is 16.3 Å². The third-order valence-electron chi connectivity index (χ3n) is 4.83. The van der Waals surface area contributed by atoms with Crippen LogP contribution in [0.2, 0.25) is 4.34 Å². The number of nitrogens with zero attached hydrogens (tertiary/aromatic N) is 3. The lowest BCUT2D eigenvalue weighted by Gasteiger charge is -2.33. The molecule has 1 atom stereocenters. The number of rotatable bonds is 7. The standard InChI is InChI=1S/C20H28ClN3OS/c1-22(2)16-5-4-6-17(15-16)25-18(19-7-8-20(21)26-19)9-10-24-13-11-23(3)12-14-24/h4-8,15,18H,9-14H2,1-3H3. The fourth-order valence-electron chi connectivity index (χ4n) is 3.13. The molecular formula is C20H28ClN3OS. The summed E-state index contributed by atoms with van der Waals surface area (Å²) in [4.78, 5) is 8.20. The molecular weight excluding hydrogens is 366 g/mol. The largest absolute Gasteiger partial charge is 0.485 e. The minimum Gasteiger partial charge on any atom is -0.485 e. The van der Waals surface area contributed by atoms with E-state index in [0.29, 0.717) is 0 Å². The smallest absolute Gasteiger partial charge is 0.134 e. The number of hydrogen-bond acceptors (Lipinski definition) is 5. The Kier molecular flexibility index (Phi) is 6.81. The number of ether oxygens (including phenoxy) is 1. The van der Waals surface area contributed by atoms with Crippen LogP contribution in [0, 0.1) is 0 Å². The number of halogens is 1. The predicted molar refractivity (Wildman–Crippen MR) is 112 cm³/mol. The zero-order valence-electron chi connectivity index (χ0n) is 15.8. The molecule has 0 spiro atoms. The lowest BCUT2D eigenvalue weighted by atomic mass is 10.2. The second kappa shape index (κ2) is 9.09. The van der Waals surface area contributed by atoms with Crippen molar-refractivity contribution in [3.63, 3.8) is 0 Å². The molecule has 6 heteroatoms. The topological polar surface area (TPSA) is 19.0 Å². The number of hydrogen-bond donors (Lipinski definition) is 0.